The topological polar surface area (TPSA) is 84.6 Å². The van der Waals surface area contributed by atoms with Gasteiger partial charge in [0.1, 0.15) is 5.75 Å². The fourth-order valence-corrected chi connectivity index (χ4v) is 4.14. The number of benzene rings is 3. The maximum absolute atomic E-state index is 12.9. The summed E-state index contributed by atoms with van der Waals surface area (Å²) in [4.78, 5) is 16.2. The van der Waals surface area contributed by atoms with Crippen molar-refractivity contribution >= 4 is 22.6 Å². The van der Waals surface area contributed by atoms with E-state index in [0.717, 1.165) is 27.6 Å². The molecule has 0 aliphatic rings. The molecule has 3 aromatic carbocycles. The van der Waals surface area contributed by atoms with Gasteiger partial charge in [-0.15, -0.1) is 0 Å². The van der Waals surface area contributed by atoms with Crippen LogP contribution in [0.15, 0.2) is 66.9 Å². The van der Waals surface area contributed by atoms with Crippen molar-refractivity contribution in [3.05, 3.63) is 83.6 Å². The third kappa shape index (κ3) is 4.78. The Balaban J connectivity index is 1.63. The van der Waals surface area contributed by atoms with Gasteiger partial charge in [0.05, 0.1) is 27.0 Å². The van der Waals surface area contributed by atoms with Gasteiger partial charge in [0.25, 0.3) is 0 Å². The molecule has 0 saturated heterocycles. The summed E-state index contributed by atoms with van der Waals surface area (Å²) < 4.78 is 16.3. The van der Waals surface area contributed by atoms with Gasteiger partial charge in [0.15, 0.2) is 11.5 Å². The van der Waals surface area contributed by atoms with Crippen LogP contribution in [0.4, 0.5) is 10.5 Å². The zero-order chi connectivity index (χ0) is 24.1. The molecular weight excluding hydrogens is 430 g/mol. The summed E-state index contributed by atoms with van der Waals surface area (Å²) in [5.74, 6) is 1.77. The number of methoxy groups -OCH3 is 3. The van der Waals surface area contributed by atoms with Crippen molar-refractivity contribution in [2.24, 2.45) is 0 Å². The van der Waals surface area contributed by atoms with Gasteiger partial charge in [-0.2, -0.15) is 0 Å². The number of hydrogen-bond donors (Lipinski definition) is 3. The van der Waals surface area contributed by atoms with E-state index in [9.17, 15) is 4.79 Å². The molecule has 34 heavy (non-hydrogen) atoms. The van der Waals surface area contributed by atoms with Crippen LogP contribution in [0.25, 0.3) is 10.9 Å². The van der Waals surface area contributed by atoms with Gasteiger partial charge in [0.2, 0.25) is 0 Å². The molecule has 1 atom stereocenters. The van der Waals surface area contributed by atoms with Crippen LogP contribution >= 0.6 is 0 Å². The van der Waals surface area contributed by atoms with Crippen LogP contribution in [0.1, 0.15) is 22.6 Å². The number of nitrogens with one attached hydrogen (secondary N) is 3. The highest BCUT2D eigenvalue weighted by Crippen LogP contribution is 2.35. The third-order valence-electron chi connectivity index (χ3n) is 5.88. The number of ether oxygens (including phenoxy) is 3. The summed E-state index contributed by atoms with van der Waals surface area (Å²) >= 11 is 0. The van der Waals surface area contributed by atoms with Crippen molar-refractivity contribution in [1.82, 2.24) is 10.3 Å². The van der Waals surface area contributed by atoms with Crippen LogP contribution in [0.3, 0.4) is 0 Å². The van der Waals surface area contributed by atoms with Gasteiger partial charge >= 0.3 is 6.03 Å². The van der Waals surface area contributed by atoms with Crippen LogP contribution in [0, 0.1) is 6.92 Å². The lowest BCUT2D eigenvalue weighted by atomic mass is 9.90. The summed E-state index contributed by atoms with van der Waals surface area (Å²) in [7, 11) is 4.81. The van der Waals surface area contributed by atoms with E-state index >= 15 is 0 Å². The number of aromatic amines is 1. The fraction of sp³-hybridized carbons (Fsp3) is 0.222. The zero-order valence-electron chi connectivity index (χ0n) is 19.8. The molecule has 0 fully saturated rings. The van der Waals surface area contributed by atoms with Crippen molar-refractivity contribution in [3.63, 3.8) is 0 Å². The smallest absolute Gasteiger partial charge is 0.319 e. The number of carbonyl (C=O) groups is 1. The number of H-pyrrole nitrogens is 1. The molecule has 4 rings (SSSR count). The number of anilines is 1. The van der Waals surface area contributed by atoms with E-state index in [1.807, 2.05) is 67.7 Å². The number of para-hydroxylation sites is 1. The molecule has 0 saturated carbocycles. The van der Waals surface area contributed by atoms with Crippen LogP contribution in [-0.2, 0) is 0 Å². The predicted molar refractivity (Wildman–Crippen MR) is 134 cm³/mol. The average molecular weight is 460 g/mol. The molecule has 7 heteroatoms. The highest BCUT2D eigenvalue weighted by atomic mass is 16.5. The van der Waals surface area contributed by atoms with Gasteiger partial charge in [0, 0.05) is 29.6 Å². The first-order valence-electron chi connectivity index (χ1n) is 11.0. The number of aromatic nitrogens is 1. The molecule has 4 aromatic rings. The first-order chi connectivity index (χ1) is 16.5. The zero-order valence-corrected chi connectivity index (χ0v) is 19.8. The molecule has 0 spiro atoms. The van der Waals surface area contributed by atoms with E-state index in [1.54, 1.807) is 21.3 Å². The maximum atomic E-state index is 12.9. The van der Waals surface area contributed by atoms with E-state index in [0.29, 0.717) is 29.5 Å². The third-order valence-corrected chi connectivity index (χ3v) is 5.88. The van der Waals surface area contributed by atoms with E-state index in [4.69, 9.17) is 14.2 Å². The molecule has 0 radical (unpaired) electrons. The normalized spacial score (nSPS) is 11.6. The number of aryl methyl sites for hydroxylation is 1. The number of rotatable bonds is 8. The first kappa shape index (κ1) is 23.0. The molecule has 0 bridgehead atoms. The number of hydrogen-bond acceptors (Lipinski definition) is 4. The Bertz CT molecular complexity index is 1300. The summed E-state index contributed by atoms with van der Waals surface area (Å²) in [6.45, 7) is 2.34. The van der Waals surface area contributed by atoms with E-state index in [1.165, 1.54) is 0 Å². The Morgan fingerprint density at radius 3 is 2.41 bits per heavy atom. The Morgan fingerprint density at radius 2 is 1.65 bits per heavy atom. The maximum Gasteiger partial charge on any atom is 0.319 e. The van der Waals surface area contributed by atoms with Crippen LogP contribution < -0.4 is 24.8 Å². The second kappa shape index (κ2) is 10.2. The molecule has 3 N–H and O–H groups in total. The monoisotopic (exact) mass is 459 g/mol. The van der Waals surface area contributed by atoms with Crippen molar-refractivity contribution in [2.75, 3.05) is 33.2 Å². The average Bonchev–Trinajstić information content (AvgIpc) is 3.28. The molecule has 176 valence electrons. The Kier molecular flexibility index (Phi) is 6.92. The summed E-state index contributed by atoms with van der Waals surface area (Å²) in [5, 5.41) is 7.03. The van der Waals surface area contributed by atoms with Gasteiger partial charge in [-0.25, -0.2) is 4.79 Å². The highest BCUT2D eigenvalue weighted by Gasteiger charge is 2.21. The second-order valence-electron chi connectivity index (χ2n) is 8.00. The lowest BCUT2D eigenvalue weighted by Gasteiger charge is -2.20. The molecular formula is C27H29N3O4. The van der Waals surface area contributed by atoms with Crippen LogP contribution in [0.5, 0.6) is 17.2 Å². The fourth-order valence-electron chi connectivity index (χ4n) is 4.14. The molecule has 7 nitrogen and oxygen atoms in total. The quantitative estimate of drug-likeness (QED) is 0.327. The minimum absolute atomic E-state index is 0.124. The van der Waals surface area contributed by atoms with Crippen molar-refractivity contribution < 1.29 is 19.0 Å². The van der Waals surface area contributed by atoms with Crippen LogP contribution in [-0.4, -0.2) is 38.9 Å². The van der Waals surface area contributed by atoms with Gasteiger partial charge in [-0.1, -0.05) is 30.3 Å². The van der Waals surface area contributed by atoms with Crippen LogP contribution in [0.2, 0.25) is 0 Å². The van der Waals surface area contributed by atoms with Crippen molar-refractivity contribution in [2.45, 2.75) is 12.8 Å². The van der Waals surface area contributed by atoms with Crippen molar-refractivity contribution in [1.29, 1.82) is 0 Å². The number of carbonyl (C=O) groups excluding carboxylic acids is 1. The molecule has 1 heterocycles. The van der Waals surface area contributed by atoms with Crippen molar-refractivity contribution in [3.8, 4) is 17.2 Å². The summed E-state index contributed by atoms with van der Waals surface area (Å²) in [5.41, 5.74) is 4.76. The molecule has 0 unspecified atom stereocenters. The van der Waals surface area contributed by atoms with Gasteiger partial charge in [-0.05, 0) is 53.9 Å². The van der Waals surface area contributed by atoms with E-state index in [2.05, 4.69) is 21.7 Å². The van der Waals surface area contributed by atoms with E-state index < -0.39 is 0 Å². The lowest BCUT2D eigenvalue weighted by molar-refractivity contribution is 0.251. The number of amides is 2. The first-order valence-corrected chi connectivity index (χ1v) is 11.0. The minimum atomic E-state index is -0.311. The molecule has 1 aromatic heterocycles. The summed E-state index contributed by atoms with van der Waals surface area (Å²) in [6, 6.07) is 19.3. The van der Waals surface area contributed by atoms with E-state index in [-0.39, 0.29) is 11.9 Å². The van der Waals surface area contributed by atoms with Gasteiger partial charge < -0.3 is 29.8 Å². The Labute approximate surface area is 199 Å². The lowest BCUT2D eigenvalue weighted by Crippen LogP contribution is -2.32. The van der Waals surface area contributed by atoms with Gasteiger partial charge in [-0.3, -0.25) is 0 Å². The minimum Gasteiger partial charge on any atom is -0.495 e. The Hall–Kier alpha value is -4.13. The standard InChI is InChI=1S/C27H29N3O4/c1-17-9-11-24(32-2)23(13-17)30-27(31)29-15-20(18-10-12-25(33-3)26(14-18)34-4)21-16-28-22-8-6-5-7-19(21)22/h5-14,16,20,28H,15H2,1-4H3,(H2,29,30,31)/t20-/m1/s1. The molecule has 0 aliphatic carbocycles. The Morgan fingerprint density at radius 1 is 0.912 bits per heavy atom. The predicted octanol–water partition coefficient (Wildman–Crippen LogP) is 5.46. The SMILES string of the molecule is COc1ccc(C)cc1NC(=O)NC[C@H](c1ccc(OC)c(OC)c1)c1c[nH]c2ccccc12. The number of fused-ring (bicyclic) bond motifs is 1. The summed E-state index contributed by atoms with van der Waals surface area (Å²) in [6.07, 6.45) is 2.00. The second-order valence-corrected chi connectivity index (χ2v) is 8.00. The highest BCUT2D eigenvalue weighted by molar-refractivity contribution is 5.91. The number of urea groups is 1. The largest absolute Gasteiger partial charge is 0.495 e. The molecule has 2 amide bonds. The molecule has 0 aliphatic heterocycles.